The van der Waals surface area contributed by atoms with Crippen LogP contribution < -0.4 is 15.4 Å². The first-order valence-corrected chi connectivity index (χ1v) is 8.38. The Morgan fingerprint density at radius 1 is 1.15 bits per heavy atom. The number of carbonyl (C=O) groups is 1. The third kappa shape index (κ3) is 4.86. The highest BCUT2D eigenvalue weighted by Crippen LogP contribution is 2.12. The second-order valence-corrected chi connectivity index (χ2v) is 5.72. The number of pyridine rings is 1. The second-order valence-electron chi connectivity index (χ2n) is 5.72. The Bertz CT molecular complexity index is 813. The minimum absolute atomic E-state index is 0.184. The largest absolute Gasteiger partial charge is 0.497 e. The van der Waals surface area contributed by atoms with Gasteiger partial charge in [0.25, 0.3) is 5.91 Å². The van der Waals surface area contributed by atoms with Crippen LogP contribution in [0.3, 0.4) is 0 Å². The molecule has 0 radical (unpaired) electrons. The van der Waals surface area contributed by atoms with E-state index in [-0.39, 0.29) is 5.91 Å². The summed E-state index contributed by atoms with van der Waals surface area (Å²) in [5.74, 6) is 1.48. The average Bonchev–Trinajstić information content (AvgIpc) is 3.21. The lowest BCUT2D eigenvalue weighted by Gasteiger charge is -2.07. The van der Waals surface area contributed by atoms with Gasteiger partial charge in [-0.05, 0) is 48.4 Å². The summed E-state index contributed by atoms with van der Waals surface area (Å²) in [5.41, 5.74) is 2.36. The first-order chi connectivity index (χ1) is 12.7. The van der Waals surface area contributed by atoms with Crippen molar-refractivity contribution in [3.8, 4) is 5.75 Å². The first kappa shape index (κ1) is 17.5. The quantitative estimate of drug-likeness (QED) is 0.651. The molecule has 0 unspecified atom stereocenters. The lowest BCUT2D eigenvalue weighted by atomic mass is 10.1. The van der Waals surface area contributed by atoms with Gasteiger partial charge in [-0.1, -0.05) is 12.1 Å². The van der Waals surface area contributed by atoms with Gasteiger partial charge in [-0.25, -0.2) is 4.98 Å². The van der Waals surface area contributed by atoms with Gasteiger partial charge in [-0.15, -0.1) is 0 Å². The van der Waals surface area contributed by atoms with E-state index in [1.807, 2.05) is 42.5 Å². The van der Waals surface area contributed by atoms with Gasteiger partial charge in [0.2, 0.25) is 0 Å². The maximum atomic E-state index is 12.2. The number of carbonyl (C=O) groups excluding carboxylic acids is 1. The molecular weight excluding hydrogens is 330 g/mol. The van der Waals surface area contributed by atoms with Crippen LogP contribution in [0, 0.1) is 0 Å². The number of ether oxygens (including phenoxy) is 1. The molecule has 0 aliphatic rings. The monoisotopic (exact) mass is 351 g/mol. The van der Waals surface area contributed by atoms with Crippen molar-refractivity contribution in [3.05, 3.63) is 78.0 Å². The van der Waals surface area contributed by atoms with Crippen LogP contribution in [-0.4, -0.2) is 24.5 Å². The molecule has 26 heavy (non-hydrogen) atoms. The van der Waals surface area contributed by atoms with E-state index < -0.39 is 0 Å². The van der Waals surface area contributed by atoms with Crippen molar-refractivity contribution in [1.82, 2.24) is 10.3 Å². The fourth-order valence-corrected chi connectivity index (χ4v) is 2.44. The molecule has 3 rings (SSSR count). The molecule has 0 saturated heterocycles. The van der Waals surface area contributed by atoms with Crippen LogP contribution in [0.25, 0.3) is 0 Å². The molecule has 134 valence electrons. The van der Waals surface area contributed by atoms with E-state index in [4.69, 9.17) is 9.15 Å². The molecule has 0 fully saturated rings. The second kappa shape index (κ2) is 8.71. The summed E-state index contributed by atoms with van der Waals surface area (Å²) in [6.45, 7) is 1.12. The van der Waals surface area contributed by atoms with Crippen molar-refractivity contribution < 1.29 is 13.9 Å². The number of amides is 1. The lowest BCUT2D eigenvalue weighted by Crippen LogP contribution is -2.26. The Labute approximate surface area is 152 Å². The third-order valence-electron chi connectivity index (χ3n) is 3.90. The number of benzene rings is 1. The zero-order valence-corrected chi connectivity index (χ0v) is 14.6. The number of anilines is 1. The lowest BCUT2D eigenvalue weighted by molar-refractivity contribution is 0.0949. The SMILES string of the molecule is COc1ccc(CCNC(=O)c2ccc(NCc3ccco3)cn2)cc1. The molecule has 0 spiro atoms. The summed E-state index contributed by atoms with van der Waals surface area (Å²) < 4.78 is 10.4. The maximum absolute atomic E-state index is 12.2. The predicted octanol–water partition coefficient (Wildman–Crippen LogP) is 3.27. The number of methoxy groups -OCH3 is 1. The normalized spacial score (nSPS) is 10.3. The third-order valence-corrected chi connectivity index (χ3v) is 3.90. The van der Waals surface area contributed by atoms with Gasteiger partial charge in [0, 0.05) is 6.54 Å². The van der Waals surface area contributed by atoms with Gasteiger partial charge in [0.15, 0.2) is 0 Å². The van der Waals surface area contributed by atoms with Gasteiger partial charge in [0.1, 0.15) is 17.2 Å². The zero-order valence-electron chi connectivity index (χ0n) is 14.6. The Balaban J connectivity index is 1.45. The van der Waals surface area contributed by atoms with Gasteiger partial charge in [-0.2, -0.15) is 0 Å². The average molecular weight is 351 g/mol. The van der Waals surface area contributed by atoms with E-state index in [1.165, 1.54) is 0 Å². The van der Waals surface area contributed by atoms with Gasteiger partial charge in [0.05, 0.1) is 31.8 Å². The number of hydrogen-bond donors (Lipinski definition) is 2. The van der Waals surface area contributed by atoms with Crippen LogP contribution >= 0.6 is 0 Å². The van der Waals surface area contributed by atoms with Crippen LogP contribution in [0.2, 0.25) is 0 Å². The number of rotatable bonds is 8. The minimum Gasteiger partial charge on any atom is -0.497 e. The Kier molecular flexibility index (Phi) is 5.88. The van der Waals surface area contributed by atoms with Crippen LogP contribution in [0.4, 0.5) is 5.69 Å². The Morgan fingerprint density at radius 3 is 2.65 bits per heavy atom. The smallest absolute Gasteiger partial charge is 0.269 e. The fraction of sp³-hybridized carbons (Fsp3) is 0.200. The summed E-state index contributed by atoms with van der Waals surface area (Å²) in [6.07, 6.45) is 4.02. The molecule has 1 aromatic carbocycles. The van der Waals surface area contributed by atoms with E-state index in [0.717, 1.165) is 29.2 Å². The van der Waals surface area contributed by atoms with E-state index in [2.05, 4.69) is 15.6 Å². The predicted molar refractivity (Wildman–Crippen MR) is 99.3 cm³/mol. The van der Waals surface area contributed by atoms with Crippen molar-refractivity contribution in [1.29, 1.82) is 0 Å². The number of nitrogens with one attached hydrogen (secondary N) is 2. The highest BCUT2D eigenvalue weighted by molar-refractivity contribution is 5.92. The molecule has 6 heteroatoms. The summed E-state index contributed by atoms with van der Waals surface area (Å²) in [6, 6.07) is 15.1. The van der Waals surface area contributed by atoms with Gasteiger partial charge in [-0.3, -0.25) is 4.79 Å². The van der Waals surface area contributed by atoms with Gasteiger partial charge < -0.3 is 19.8 Å². The topological polar surface area (TPSA) is 76.4 Å². The summed E-state index contributed by atoms with van der Waals surface area (Å²) in [4.78, 5) is 16.4. The zero-order chi connectivity index (χ0) is 18.2. The Hall–Kier alpha value is -3.28. The van der Waals surface area contributed by atoms with Crippen LogP contribution in [0.1, 0.15) is 21.8 Å². The molecule has 0 atom stereocenters. The summed E-state index contributed by atoms with van der Waals surface area (Å²) in [5, 5.41) is 6.07. The molecule has 2 N–H and O–H groups in total. The van der Waals surface area contributed by atoms with Gasteiger partial charge >= 0.3 is 0 Å². The number of hydrogen-bond acceptors (Lipinski definition) is 5. The molecule has 6 nitrogen and oxygen atoms in total. The standard InChI is InChI=1S/C20H21N3O3/c1-25-17-7-4-15(5-8-17)10-11-21-20(24)19-9-6-16(13-23-19)22-14-18-3-2-12-26-18/h2-9,12-13,22H,10-11,14H2,1H3,(H,21,24). The number of nitrogens with zero attached hydrogens (tertiary/aromatic N) is 1. The highest BCUT2D eigenvalue weighted by atomic mass is 16.5. The van der Waals surface area contributed by atoms with E-state index >= 15 is 0 Å². The van der Waals surface area contributed by atoms with E-state index in [0.29, 0.717) is 18.8 Å². The molecule has 0 aliphatic carbocycles. The highest BCUT2D eigenvalue weighted by Gasteiger charge is 2.07. The number of aromatic nitrogens is 1. The molecule has 0 aliphatic heterocycles. The van der Waals surface area contributed by atoms with Crippen LogP contribution in [0.15, 0.2) is 65.4 Å². The fourth-order valence-electron chi connectivity index (χ4n) is 2.44. The van der Waals surface area contributed by atoms with E-state index in [9.17, 15) is 4.79 Å². The van der Waals surface area contributed by atoms with Crippen LogP contribution in [0.5, 0.6) is 5.75 Å². The molecule has 2 heterocycles. The van der Waals surface area contributed by atoms with E-state index in [1.54, 1.807) is 25.6 Å². The molecular formula is C20H21N3O3. The summed E-state index contributed by atoms with van der Waals surface area (Å²) >= 11 is 0. The van der Waals surface area contributed by atoms with Crippen molar-refractivity contribution in [3.63, 3.8) is 0 Å². The van der Waals surface area contributed by atoms with Crippen LogP contribution in [-0.2, 0) is 13.0 Å². The Morgan fingerprint density at radius 2 is 2.00 bits per heavy atom. The molecule has 2 aromatic heterocycles. The molecule has 3 aromatic rings. The molecule has 1 amide bonds. The number of furan rings is 1. The van der Waals surface area contributed by atoms with Crippen molar-refractivity contribution in [2.45, 2.75) is 13.0 Å². The summed E-state index contributed by atoms with van der Waals surface area (Å²) in [7, 11) is 1.64. The van der Waals surface area contributed by atoms with Crippen molar-refractivity contribution >= 4 is 11.6 Å². The maximum Gasteiger partial charge on any atom is 0.269 e. The van der Waals surface area contributed by atoms with Crippen molar-refractivity contribution in [2.75, 3.05) is 19.0 Å². The molecule has 0 saturated carbocycles. The minimum atomic E-state index is -0.184. The molecule has 0 bridgehead atoms. The van der Waals surface area contributed by atoms with Crippen molar-refractivity contribution in [2.24, 2.45) is 0 Å². The first-order valence-electron chi connectivity index (χ1n) is 8.38.